The topological polar surface area (TPSA) is 84.4 Å². The second kappa shape index (κ2) is 7.75. The van der Waals surface area contributed by atoms with Crippen molar-refractivity contribution in [3.8, 4) is 0 Å². The van der Waals surface area contributed by atoms with Crippen LogP contribution < -0.4 is 5.32 Å². The lowest BCUT2D eigenvalue weighted by Gasteiger charge is -2.21. The molecule has 0 radical (unpaired) electrons. The van der Waals surface area contributed by atoms with Crippen LogP contribution in [0, 0.1) is 0 Å². The lowest BCUT2D eigenvalue weighted by Crippen LogP contribution is -2.39. The Kier molecular flexibility index (Phi) is 5.72. The molecule has 2 heterocycles. The van der Waals surface area contributed by atoms with Crippen molar-refractivity contribution in [2.24, 2.45) is 12.0 Å². The van der Waals surface area contributed by atoms with E-state index in [2.05, 4.69) is 39.4 Å². The van der Waals surface area contributed by atoms with Crippen LogP contribution >= 0.6 is 0 Å². The number of aliphatic imine (C=N–C) groups is 1. The van der Waals surface area contributed by atoms with Crippen molar-refractivity contribution in [1.82, 2.24) is 30.1 Å². The van der Waals surface area contributed by atoms with Gasteiger partial charge >= 0.3 is 0 Å². The van der Waals surface area contributed by atoms with Crippen molar-refractivity contribution in [1.29, 1.82) is 0 Å². The molecule has 126 valence electrons. The fourth-order valence-electron chi connectivity index (χ4n) is 2.05. The molecule has 2 rings (SSSR count). The van der Waals surface area contributed by atoms with Gasteiger partial charge in [0, 0.05) is 26.7 Å². The van der Waals surface area contributed by atoms with Crippen LogP contribution in [0.3, 0.4) is 0 Å². The van der Waals surface area contributed by atoms with Crippen molar-refractivity contribution in [3.05, 3.63) is 29.7 Å². The summed E-state index contributed by atoms with van der Waals surface area (Å²) in [6.07, 6.45) is 1.55. The average molecular weight is 319 g/mol. The van der Waals surface area contributed by atoms with Gasteiger partial charge < -0.3 is 14.7 Å². The minimum absolute atomic E-state index is 0.350. The summed E-state index contributed by atoms with van der Waals surface area (Å²) < 4.78 is 7.08. The van der Waals surface area contributed by atoms with Crippen LogP contribution in [0.15, 0.2) is 21.9 Å². The first-order valence-electron chi connectivity index (χ1n) is 7.79. The highest BCUT2D eigenvalue weighted by Gasteiger charge is 2.11. The summed E-state index contributed by atoms with van der Waals surface area (Å²) >= 11 is 0. The number of nitrogens with one attached hydrogen (secondary N) is 1. The van der Waals surface area contributed by atoms with Gasteiger partial charge in [-0.1, -0.05) is 19.0 Å². The Bertz CT molecular complexity index is 644. The standard InChI is InChI=1S/C15H25N7O/c1-6-16-15(21(4)9-14-18-10-19-22(14)5)17-8-12-7-13(11(2)3)20-23-12/h7,10-11H,6,8-9H2,1-5H3,(H,16,17). The summed E-state index contributed by atoms with van der Waals surface area (Å²) in [6.45, 7) is 8.07. The molecule has 0 atom stereocenters. The molecule has 0 spiro atoms. The van der Waals surface area contributed by atoms with Crippen LogP contribution in [0.1, 0.15) is 44.0 Å². The number of nitrogens with zero attached hydrogens (tertiary/aromatic N) is 6. The molecule has 8 nitrogen and oxygen atoms in total. The maximum atomic E-state index is 5.33. The van der Waals surface area contributed by atoms with Gasteiger partial charge in [0.05, 0.1) is 12.2 Å². The quantitative estimate of drug-likeness (QED) is 0.642. The van der Waals surface area contributed by atoms with E-state index in [1.165, 1.54) is 0 Å². The van der Waals surface area contributed by atoms with E-state index >= 15 is 0 Å². The Morgan fingerprint density at radius 2 is 2.26 bits per heavy atom. The molecule has 2 aromatic rings. The normalized spacial score (nSPS) is 12.0. The van der Waals surface area contributed by atoms with Crippen molar-refractivity contribution in [2.45, 2.75) is 39.8 Å². The Hall–Kier alpha value is -2.38. The second-order valence-corrected chi connectivity index (χ2v) is 5.70. The average Bonchev–Trinajstić information content (AvgIpc) is 3.13. The summed E-state index contributed by atoms with van der Waals surface area (Å²) in [6, 6.07) is 1.96. The van der Waals surface area contributed by atoms with Gasteiger partial charge in [0.25, 0.3) is 0 Å². The SMILES string of the molecule is CCNC(=NCc1cc(C(C)C)no1)N(C)Cc1ncnn1C. The highest BCUT2D eigenvalue weighted by Crippen LogP contribution is 2.14. The lowest BCUT2D eigenvalue weighted by molar-refractivity contribution is 0.375. The summed E-state index contributed by atoms with van der Waals surface area (Å²) in [7, 11) is 3.85. The Balaban J connectivity index is 2.05. The fraction of sp³-hybridized carbons (Fsp3) is 0.600. The zero-order chi connectivity index (χ0) is 16.8. The van der Waals surface area contributed by atoms with Crippen LogP contribution in [0.2, 0.25) is 0 Å². The van der Waals surface area contributed by atoms with Gasteiger partial charge in [-0.25, -0.2) is 9.98 Å². The van der Waals surface area contributed by atoms with E-state index in [1.807, 2.05) is 32.0 Å². The van der Waals surface area contributed by atoms with Crippen LogP contribution in [-0.2, 0) is 20.1 Å². The van der Waals surface area contributed by atoms with Crippen LogP contribution in [-0.4, -0.2) is 44.4 Å². The van der Waals surface area contributed by atoms with Crippen molar-refractivity contribution >= 4 is 5.96 Å². The van der Waals surface area contributed by atoms with Crippen molar-refractivity contribution in [2.75, 3.05) is 13.6 Å². The molecule has 8 heteroatoms. The van der Waals surface area contributed by atoms with Crippen molar-refractivity contribution < 1.29 is 4.52 Å². The van der Waals surface area contributed by atoms with E-state index in [-0.39, 0.29) is 0 Å². The van der Waals surface area contributed by atoms with Crippen LogP contribution in [0.25, 0.3) is 0 Å². The van der Waals surface area contributed by atoms with E-state index in [1.54, 1.807) is 11.0 Å². The zero-order valence-corrected chi connectivity index (χ0v) is 14.4. The van der Waals surface area contributed by atoms with Gasteiger partial charge in [-0.05, 0) is 12.8 Å². The van der Waals surface area contributed by atoms with Gasteiger partial charge in [0.1, 0.15) is 18.7 Å². The molecule has 23 heavy (non-hydrogen) atoms. The highest BCUT2D eigenvalue weighted by molar-refractivity contribution is 5.79. The van der Waals surface area contributed by atoms with E-state index in [4.69, 9.17) is 4.52 Å². The van der Waals surface area contributed by atoms with Crippen molar-refractivity contribution in [3.63, 3.8) is 0 Å². The summed E-state index contributed by atoms with van der Waals surface area (Å²) in [5, 5.41) is 11.4. The van der Waals surface area contributed by atoms with Crippen LogP contribution in [0.4, 0.5) is 0 Å². The third kappa shape index (κ3) is 4.54. The molecule has 0 aliphatic heterocycles. The smallest absolute Gasteiger partial charge is 0.194 e. The Labute approximate surface area is 136 Å². The highest BCUT2D eigenvalue weighted by atomic mass is 16.5. The van der Waals surface area contributed by atoms with E-state index in [0.29, 0.717) is 19.0 Å². The number of hydrogen-bond donors (Lipinski definition) is 1. The number of aryl methyl sites for hydroxylation is 1. The molecule has 0 aliphatic carbocycles. The molecular formula is C15H25N7O. The molecule has 0 bridgehead atoms. The predicted molar refractivity (Wildman–Crippen MR) is 87.9 cm³/mol. The maximum absolute atomic E-state index is 5.33. The van der Waals surface area contributed by atoms with E-state index < -0.39 is 0 Å². The van der Waals surface area contributed by atoms with E-state index in [0.717, 1.165) is 29.8 Å². The van der Waals surface area contributed by atoms with E-state index in [9.17, 15) is 0 Å². The molecule has 0 amide bonds. The molecule has 0 saturated heterocycles. The Morgan fingerprint density at radius 1 is 1.48 bits per heavy atom. The number of aromatic nitrogens is 4. The fourth-order valence-corrected chi connectivity index (χ4v) is 2.05. The molecule has 0 unspecified atom stereocenters. The predicted octanol–water partition coefficient (Wildman–Crippen LogP) is 1.52. The first-order chi connectivity index (χ1) is 11.0. The number of rotatable bonds is 6. The maximum Gasteiger partial charge on any atom is 0.194 e. The van der Waals surface area contributed by atoms with Gasteiger partial charge in [-0.2, -0.15) is 5.10 Å². The first kappa shape index (κ1) is 17.0. The second-order valence-electron chi connectivity index (χ2n) is 5.70. The molecule has 2 aromatic heterocycles. The number of guanidine groups is 1. The molecular weight excluding hydrogens is 294 g/mol. The summed E-state index contributed by atoms with van der Waals surface area (Å²) in [4.78, 5) is 10.9. The van der Waals surface area contributed by atoms with Gasteiger partial charge in [-0.3, -0.25) is 4.68 Å². The molecule has 0 fully saturated rings. The third-order valence-corrected chi connectivity index (χ3v) is 3.43. The zero-order valence-electron chi connectivity index (χ0n) is 14.4. The summed E-state index contributed by atoms with van der Waals surface area (Å²) in [5.41, 5.74) is 0.952. The molecule has 1 N–H and O–H groups in total. The minimum atomic E-state index is 0.350. The largest absolute Gasteiger partial charge is 0.359 e. The molecule has 0 aromatic carbocycles. The van der Waals surface area contributed by atoms with Gasteiger partial charge in [0.2, 0.25) is 0 Å². The third-order valence-electron chi connectivity index (χ3n) is 3.43. The lowest BCUT2D eigenvalue weighted by atomic mass is 10.1. The van der Waals surface area contributed by atoms with Gasteiger partial charge in [0.15, 0.2) is 11.7 Å². The van der Waals surface area contributed by atoms with Gasteiger partial charge in [-0.15, -0.1) is 0 Å². The van der Waals surface area contributed by atoms with Crippen LogP contribution in [0.5, 0.6) is 0 Å². The first-order valence-corrected chi connectivity index (χ1v) is 7.79. The number of hydrogen-bond acceptors (Lipinski definition) is 5. The minimum Gasteiger partial charge on any atom is -0.359 e. The Morgan fingerprint density at radius 3 is 2.83 bits per heavy atom. The monoisotopic (exact) mass is 319 g/mol. The molecule has 0 saturated carbocycles. The molecule has 0 aliphatic rings. The summed E-state index contributed by atoms with van der Waals surface area (Å²) in [5.74, 6) is 2.78.